The zero-order valence-corrected chi connectivity index (χ0v) is 28.4. The van der Waals surface area contributed by atoms with Crippen LogP contribution in [0.2, 0.25) is 0 Å². The fraction of sp³-hybridized carbons (Fsp3) is 0.459. The van der Waals surface area contributed by atoms with Gasteiger partial charge in [-0.05, 0) is 61.2 Å². The quantitative estimate of drug-likeness (QED) is 0.194. The van der Waals surface area contributed by atoms with Gasteiger partial charge in [0.05, 0.1) is 18.8 Å². The number of hydrogen-bond donors (Lipinski definition) is 2. The van der Waals surface area contributed by atoms with E-state index in [0.717, 1.165) is 58.9 Å². The van der Waals surface area contributed by atoms with E-state index in [9.17, 15) is 4.79 Å². The molecule has 1 heterocycles. The Morgan fingerprint density at radius 2 is 1.56 bits per heavy atom. The molecule has 0 amide bonds. The fourth-order valence-electron chi connectivity index (χ4n) is 3.72. The molecule has 3 aromatic rings. The largest absolute Gasteiger partial charge is 0.479 e. The van der Waals surface area contributed by atoms with E-state index in [-0.39, 0.29) is 5.56 Å². The molecule has 0 saturated carbocycles. The highest BCUT2D eigenvalue weighted by Crippen LogP contribution is 2.19. The molecular weight excluding hydrogens is 532 g/mol. The average molecular weight is 591 g/mol. The number of benzene rings is 2. The predicted octanol–water partition coefficient (Wildman–Crippen LogP) is 9.92. The topological polar surface area (TPSA) is 68.2 Å². The molecule has 6 nitrogen and oxygen atoms in total. The minimum Gasteiger partial charge on any atom is -0.479 e. The van der Waals surface area contributed by atoms with Gasteiger partial charge in [0.1, 0.15) is 0 Å². The summed E-state index contributed by atoms with van der Waals surface area (Å²) in [7, 11) is 0. The second kappa shape index (κ2) is 24.8. The molecule has 1 aromatic heterocycles. The SMILES string of the molecule is C=C(CCC)NCc1cccc(-c2ccc(=O)n(Cc3cccc(NC(=CCC)OCC)c3)n2)c1.CC.CCC.CCC. The van der Waals surface area contributed by atoms with Crippen molar-refractivity contribution in [3.63, 3.8) is 0 Å². The lowest BCUT2D eigenvalue weighted by Crippen LogP contribution is -2.23. The van der Waals surface area contributed by atoms with Gasteiger partial charge >= 0.3 is 0 Å². The van der Waals surface area contributed by atoms with E-state index in [4.69, 9.17) is 4.74 Å². The minimum atomic E-state index is -0.137. The Balaban J connectivity index is 0.00000199. The first-order valence-electron chi connectivity index (χ1n) is 16.1. The van der Waals surface area contributed by atoms with Gasteiger partial charge in [0.25, 0.3) is 5.56 Å². The fourth-order valence-corrected chi connectivity index (χ4v) is 3.72. The van der Waals surface area contributed by atoms with Gasteiger partial charge in [0.15, 0.2) is 5.88 Å². The number of aromatic nitrogens is 2. The van der Waals surface area contributed by atoms with Crippen molar-refractivity contribution in [3.8, 4) is 11.3 Å². The van der Waals surface area contributed by atoms with Crippen LogP contribution in [0.4, 0.5) is 5.69 Å². The van der Waals surface area contributed by atoms with Crippen molar-refractivity contribution in [2.75, 3.05) is 11.9 Å². The van der Waals surface area contributed by atoms with Crippen molar-refractivity contribution < 1.29 is 4.74 Å². The number of rotatable bonds is 13. The van der Waals surface area contributed by atoms with Gasteiger partial charge in [0.2, 0.25) is 0 Å². The molecule has 0 atom stereocenters. The maximum absolute atomic E-state index is 12.6. The van der Waals surface area contributed by atoms with Crippen LogP contribution in [-0.2, 0) is 17.8 Å². The molecule has 0 bridgehead atoms. The summed E-state index contributed by atoms with van der Waals surface area (Å²) >= 11 is 0. The van der Waals surface area contributed by atoms with Crippen LogP contribution in [0.3, 0.4) is 0 Å². The van der Waals surface area contributed by atoms with E-state index in [0.29, 0.717) is 19.7 Å². The molecule has 238 valence electrons. The van der Waals surface area contributed by atoms with E-state index in [1.807, 2.05) is 63.2 Å². The van der Waals surface area contributed by atoms with E-state index < -0.39 is 0 Å². The summed E-state index contributed by atoms with van der Waals surface area (Å²) in [5, 5.41) is 11.4. The van der Waals surface area contributed by atoms with Crippen LogP contribution in [0.25, 0.3) is 11.3 Å². The van der Waals surface area contributed by atoms with E-state index in [1.54, 1.807) is 12.1 Å². The third-order valence-electron chi connectivity index (χ3n) is 5.40. The molecule has 6 heteroatoms. The highest BCUT2D eigenvalue weighted by Gasteiger charge is 2.07. The molecular formula is C37H58N4O2. The average Bonchev–Trinajstić information content (AvgIpc) is 3.00. The van der Waals surface area contributed by atoms with Gasteiger partial charge in [-0.25, -0.2) is 4.68 Å². The highest BCUT2D eigenvalue weighted by molar-refractivity contribution is 5.59. The van der Waals surface area contributed by atoms with E-state index in [2.05, 4.69) is 76.0 Å². The Morgan fingerprint density at radius 1 is 0.907 bits per heavy atom. The molecule has 3 rings (SSSR count). The Hall–Kier alpha value is -3.80. The number of ether oxygens (including phenoxy) is 1. The Labute approximate surface area is 262 Å². The van der Waals surface area contributed by atoms with Crippen LogP contribution in [0.1, 0.15) is 106 Å². The monoisotopic (exact) mass is 590 g/mol. The summed E-state index contributed by atoms with van der Waals surface area (Å²) in [6.45, 7) is 24.4. The molecule has 0 unspecified atom stereocenters. The molecule has 0 fully saturated rings. The van der Waals surface area contributed by atoms with Crippen molar-refractivity contribution >= 4 is 5.69 Å². The van der Waals surface area contributed by atoms with Crippen LogP contribution >= 0.6 is 0 Å². The van der Waals surface area contributed by atoms with Crippen molar-refractivity contribution in [3.05, 3.63) is 106 Å². The number of hydrogen-bond acceptors (Lipinski definition) is 5. The maximum Gasteiger partial charge on any atom is 0.267 e. The summed E-state index contributed by atoms with van der Waals surface area (Å²) < 4.78 is 7.16. The highest BCUT2D eigenvalue weighted by atomic mass is 16.5. The second-order valence-electron chi connectivity index (χ2n) is 9.77. The first kappa shape index (κ1) is 39.2. The number of nitrogens with one attached hydrogen (secondary N) is 2. The summed E-state index contributed by atoms with van der Waals surface area (Å²) in [5.74, 6) is 0.733. The van der Waals surface area contributed by atoms with Crippen molar-refractivity contribution in [1.82, 2.24) is 15.1 Å². The molecule has 0 aliphatic carbocycles. The van der Waals surface area contributed by atoms with E-state index >= 15 is 0 Å². The zero-order chi connectivity index (χ0) is 32.5. The summed E-state index contributed by atoms with van der Waals surface area (Å²) in [4.78, 5) is 12.6. The van der Waals surface area contributed by atoms with Crippen molar-refractivity contribution in [1.29, 1.82) is 0 Å². The van der Waals surface area contributed by atoms with Gasteiger partial charge in [-0.3, -0.25) is 4.79 Å². The van der Waals surface area contributed by atoms with Crippen LogP contribution in [0.15, 0.2) is 89.7 Å². The molecule has 0 aliphatic heterocycles. The maximum atomic E-state index is 12.6. The van der Waals surface area contributed by atoms with Crippen LogP contribution in [0, 0.1) is 0 Å². The van der Waals surface area contributed by atoms with Gasteiger partial charge in [-0.2, -0.15) is 5.10 Å². The molecule has 43 heavy (non-hydrogen) atoms. The number of nitrogens with zero attached hydrogens (tertiary/aromatic N) is 2. The molecule has 2 N–H and O–H groups in total. The summed E-state index contributed by atoms with van der Waals surface area (Å²) in [5.41, 5.74) is 5.66. The summed E-state index contributed by atoms with van der Waals surface area (Å²) in [6, 6.07) is 19.5. The Morgan fingerprint density at radius 3 is 2.19 bits per heavy atom. The first-order valence-corrected chi connectivity index (χ1v) is 16.1. The van der Waals surface area contributed by atoms with Crippen molar-refractivity contribution in [2.24, 2.45) is 0 Å². The van der Waals surface area contributed by atoms with Crippen LogP contribution in [0.5, 0.6) is 0 Å². The Kier molecular flexibility index (Phi) is 22.6. The van der Waals surface area contributed by atoms with Crippen LogP contribution in [-0.4, -0.2) is 16.4 Å². The molecule has 2 aromatic carbocycles. The van der Waals surface area contributed by atoms with Gasteiger partial charge < -0.3 is 15.4 Å². The lowest BCUT2D eigenvalue weighted by molar-refractivity contribution is 0.233. The third-order valence-corrected chi connectivity index (χ3v) is 5.40. The minimum absolute atomic E-state index is 0.137. The normalized spacial score (nSPS) is 10.1. The third kappa shape index (κ3) is 16.4. The predicted molar refractivity (Wildman–Crippen MR) is 187 cm³/mol. The standard InChI is InChI=1S/C29H36N4O2.2C3H8.C2H6/c1-5-10-22(4)30-20-23-12-8-14-25(18-23)27-16-17-29(34)33(32-27)21-24-13-9-15-26(19-24)31-28(11-6-2)35-7-3;2*1-3-2;1-2/h8-9,11-19,30-31H,4-7,10,20-21H2,1-3H3;2*3H2,1-2H3;1-2H3. The smallest absolute Gasteiger partial charge is 0.267 e. The van der Waals surface area contributed by atoms with Crippen molar-refractivity contribution in [2.45, 2.75) is 108 Å². The van der Waals surface area contributed by atoms with Gasteiger partial charge in [0, 0.05) is 29.6 Å². The van der Waals surface area contributed by atoms with Crippen LogP contribution < -0.4 is 16.2 Å². The molecule has 0 saturated heterocycles. The lowest BCUT2D eigenvalue weighted by atomic mass is 10.1. The van der Waals surface area contributed by atoms with Gasteiger partial charge in [-0.15, -0.1) is 0 Å². The molecule has 0 aliphatic rings. The second-order valence-corrected chi connectivity index (χ2v) is 9.77. The number of anilines is 1. The number of allylic oxidation sites excluding steroid dienone is 2. The summed E-state index contributed by atoms with van der Waals surface area (Å²) in [6.07, 6.45) is 7.41. The zero-order valence-electron chi connectivity index (χ0n) is 28.4. The molecule has 0 spiro atoms. The van der Waals surface area contributed by atoms with E-state index in [1.165, 1.54) is 17.5 Å². The lowest BCUT2D eigenvalue weighted by Gasteiger charge is -2.13. The Bertz CT molecular complexity index is 1250. The van der Waals surface area contributed by atoms with Gasteiger partial charge in [-0.1, -0.05) is 112 Å². The molecule has 0 radical (unpaired) electrons. The first-order chi connectivity index (χ1) is 20.8.